The highest BCUT2D eigenvalue weighted by Gasteiger charge is 2.16. The van der Waals surface area contributed by atoms with E-state index in [2.05, 4.69) is 21.2 Å². The van der Waals surface area contributed by atoms with Gasteiger partial charge in [-0.1, -0.05) is 46.3 Å². The maximum atomic E-state index is 11.9. The minimum atomic E-state index is 0.0377. The molecule has 0 fully saturated rings. The first kappa shape index (κ1) is 16.2. The SMILES string of the molecule is O=C(CSCc1cc2c(cc1Br)OCO2)NCc1ccccc1. The minimum absolute atomic E-state index is 0.0377. The Balaban J connectivity index is 1.45. The van der Waals surface area contributed by atoms with Gasteiger partial charge in [0.15, 0.2) is 11.5 Å². The van der Waals surface area contributed by atoms with Crippen molar-refractivity contribution < 1.29 is 14.3 Å². The summed E-state index contributed by atoms with van der Waals surface area (Å²) in [5, 5.41) is 2.93. The number of hydrogen-bond donors (Lipinski definition) is 1. The predicted molar refractivity (Wildman–Crippen MR) is 94.7 cm³/mol. The van der Waals surface area contributed by atoms with Gasteiger partial charge in [-0.3, -0.25) is 4.79 Å². The van der Waals surface area contributed by atoms with Crippen LogP contribution in [0.15, 0.2) is 46.9 Å². The van der Waals surface area contributed by atoms with Crippen LogP contribution in [0.25, 0.3) is 0 Å². The highest BCUT2D eigenvalue weighted by molar-refractivity contribution is 9.10. The second-order valence-electron chi connectivity index (χ2n) is 5.05. The maximum absolute atomic E-state index is 11.9. The molecule has 1 N–H and O–H groups in total. The number of hydrogen-bond acceptors (Lipinski definition) is 4. The van der Waals surface area contributed by atoms with Crippen molar-refractivity contribution in [2.24, 2.45) is 0 Å². The summed E-state index contributed by atoms with van der Waals surface area (Å²) in [5.41, 5.74) is 2.19. The number of halogens is 1. The van der Waals surface area contributed by atoms with Crippen LogP contribution >= 0.6 is 27.7 Å². The number of nitrogens with one attached hydrogen (secondary N) is 1. The van der Waals surface area contributed by atoms with E-state index in [9.17, 15) is 4.79 Å². The van der Waals surface area contributed by atoms with Crippen molar-refractivity contribution in [3.05, 3.63) is 58.1 Å². The molecule has 0 aromatic heterocycles. The van der Waals surface area contributed by atoms with Crippen molar-refractivity contribution in [1.29, 1.82) is 0 Å². The summed E-state index contributed by atoms with van der Waals surface area (Å²) in [6, 6.07) is 13.8. The number of carbonyl (C=O) groups is 1. The second-order valence-corrected chi connectivity index (χ2v) is 6.89. The van der Waals surface area contributed by atoms with E-state index in [0.29, 0.717) is 12.3 Å². The highest BCUT2D eigenvalue weighted by Crippen LogP contribution is 2.38. The Morgan fingerprint density at radius 2 is 1.91 bits per heavy atom. The van der Waals surface area contributed by atoms with Gasteiger partial charge < -0.3 is 14.8 Å². The van der Waals surface area contributed by atoms with Gasteiger partial charge in [0.2, 0.25) is 12.7 Å². The van der Waals surface area contributed by atoms with Gasteiger partial charge in [0, 0.05) is 16.8 Å². The third-order valence-electron chi connectivity index (χ3n) is 3.36. The Bertz CT molecular complexity index is 694. The number of benzene rings is 2. The lowest BCUT2D eigenvalue weighted by atomic mass is 10.2. The number of ether oxygens (including phenoxy) is 2. The molecule has 2 aromatic carbocycles. The van der Waals surface area contributed by atoms with Gasteiger partial charge in [0.25, 0.3) is 0 Å². The Kier molecular flexibility index (Phi) is 5.46. The van der Waals surface area contributed by atoms with Crippen molar-refractivity contribution in [1.82, 2.24) is 5.32 Å². The summed E-state index contributed by atoms with van der Waals surface area (Å²) in [4.78, 5) is 11.9. The Labute approximate surface area is 147 Å². The molecular weight excluding hydrogens is 378 g/mol. The van der Waals surface area contributed by atoms with Crippen LogP contribution in [0.5, 0.6) is 11.5 Å². The number of rotatable bonds is 6. The molecular formula is C17H16BrNO3S. The molecule has 0 saturated carbocycles. The maximum Gasteiger partial charge on any atom is 0.231 e. The monoisotopic (exact) mass is 393 g/mol. The fourth-order valence-electron chi connectivity index (χ4n) is 2.17. The molecule has 0 saturated heterocycles. The van der Waals surface area contributed by atoms with Gasteiger partial charge >= 0.3 is 0 Å². The highest BCUT2D eigenvalue weighted by atomic mass is 79.9. The number of fused-ring (bicyclic) bond motifs is 1. The van der Waals surface area contributed by atoms with Gasteiger partial charge in [-0.05, 0) is 23.3 Å². The van der Waals surface area contributed by atoms with Crippen LogP contribution in [0.3, 0.4) is 0 Å². The predicted octanol–water partition coefficient (Wildman–Crippen LogP) is 3.73. The topological polar surface area (TPSA) is 47.6 Å². The first-order valence-electron chi connectivity index (χ1n) is 7.19. The molecule has 1 heterocycles. The summed E-state index contributed by atoms with van der Waals surface area (Å²) in [6.07, 6.45) is 0. The van der Waals surface area contributed by atoms with Crippen LogP contribution in [0.1, 0.15) is 11.1 Å². The Morgan fingerprint density at radius 1 is 1.17 bits per heavy atom. The average Bonchev–Trinajstić information content (AvgIpc) is 3.01. The summed E-state index contributed by atoms with van der Waals surface area (Å²) >= 11 is 5.10. The zero-order valence-corrected chi connectivity index (χ0v) is 14.8. The van der Waals surface area contributed by atoms with Gasteiger partial charge in [0.05, 0.1) is 5.75 Å². The Morgan fingerprint density at radius 3 is 2.70 bits per heavy atom. The van der Waals surface area contributed by atoms with Gasteiger partial charge in [-0.2, -0.15) is 0 Å². The molecule has 0 unspecified atom stereocenters. The lowest BCUT2D eigenvalue weighted by Crippen LogP contribution is -2.24. The first-order valence-corrected chi connectivity index (χ1v) is 9.13. The van der Waals surface area contributed by atoms with E-state index >= 15 is 0 Å². The van der Waals surface area contributed by atoms with Crippen LogP contribution in [0.2, 0.25) is 0 Å². The Hall–Kier alpha value is -1.66. The van der Waals surface area contributed by atoms with E-state index in [-0.39, 0.29) is 12.7 Å². The molecule has 0 aliphatic carbocycles. The van der Waals surface area contributed by atoms with Crippen LogP contribution in [-0.2, 0) is 17.1 Å². The lowest BCUT2D eigenvalue weighted by Gasteiger charge is -2.07. The van der Waals surface area contributed by atoms with E-state index in [1.807, 2.05) is 42.5 Å². The summed E-state index contributed by atoms with van der Waals surface area (Å²) in [7, 11) is 0. The lowest BCUT2D eigenvalue weighted by molar-refractivity contribution is -0.118. The fraction of sp³-hybridized carbons (Fsp3) is 0.235. The molecule has 0 radical (unpaired) electrons. The molecule has 3 rings (SSSR count). The van der Waals surface area contributed by atoms with Crippen molar-refractivity contribution >= 4 is 33.6 Å². The first-order chi connectivity index (χ1) is 11.2. The van der Waals surface area contributed by atoms with E-state index in [0.717, 1.165) is 32.9 Å². The average molecular weight is 394 g/mol. The van der Waals surface area contributed by atoms with E-state index in [1.54, 1.807) is 11.8 Å². The van der Waals surface area contributed by atoms with Gasteiger partial charge in [0.1, 0.15) is 0 Å². The zero-order chi connectivity index (χ0) is 16.1. The van der Waals surface area contributed by atoms with Crippen LogP contribution in [-0.4, -0.2) is 18.5 Å². The quantitative estimate of drug-likeness (QED) is 0.811. The second kappa shape index (κ2) is 7.75. The van der Waals surface area contributed by atoms with Crippen molar-refractivity contribution in [3.8, 4) is 11.5 Å². The van der Waals surface area contributed by atoms with Crippen LogP contribution < -0.4 is 14.8 Å². The summed E-state index contributed by atoms with van der Waals surface area (Å²) in [5.74, 6) is 2.71. The minimum Gasteiger partial charge on any atom is -0.454 e. The summed E-state index contributed by atoms with van der Waals surface area (Å²) < 4.78 is 11.7. The molecule has 0 spiro atoms. The largest absolute Gasteiger partial charge is 0.454 e. The normalized spacial score (nSPS) is 12.2. The van der Waals surface area contributed by atoms with Crippen molar-refractivity contribution in [2.75, 3.05) is 12.5 Å². The smallest absolute Gasteiger partial charge is 0.231 e. The van der Waals surface area contributed by atoms with E-state index < -0.39 is 0 Å². The van der Waals surface area contributed by atoms with Gasteiger partial charge in [-0.15, -0.1) is 11.8 Å². The molecule has 1 amide bonds. The van der Waals surface area contributed by atoms with Crippen LogP contribution in [0, 0.1) is 0 Å². The summed E-state index contributed by atoms with van der Waals surface area (Å²) in [6.45, 7) is 0.828. The van der Waals surface area contributed by atoms with Gasteiger partial charge in [-0.25, -0.2) is 0 Å². The molecule has 0 bridgehead atoms. The molecule has 1 aliphatic heterocycles. The molecule has 1 aliphatic rings. The number of amides is 1. The molecule has 0 atom stereocenters. The molecule has 120 valence electrons. The third kappa shape index (κ3) is 4.42. The third-order valence-corrected chi connectivity index (χ3v) is 5.08. The number of thioether (sulfide) groups is 1. The van der Waals surface area contributed by atoms with Crippen LogP contribution in [0.4, 0.5) is 0 Å². The fourth-order valence-corrected chi connectivity index (χ4v) is 3.67. The van der Waals surface area contributed by atoms with Crippen molar-refractivity contribution in [3.63, 3.8) is 0 Å². The van der Waals surface area contributed by atoms with E-state index in [4.69, 9.17) is 9.47 Å². The molecule has 4 nitrogen and oxygen atoms in total. The number of carbonyl (C=O) groups excluding carboxylic acids is 1. The molecule has 2 aromatic rings. The standard InChI is InChI=1S/C17H16BrNO3S/c18-14-7-16-15(21-11-22-16)6-13(14)9-23-10-17(20)19-8-12-4-2-1-3-5-12/h1-7H,8-11H2,(H,19,20). The molecule has 6 heteroatoms. The zero-order valence-electron chi connectivity index (χ0n) is 12.4. The molecule has 23 heavy (non-hydrogen) atoms. The van der Waals surface area contributed by atoms with E-state index in [1.165, 1.54) is 0 Å². The van der Waals surface area contributed by atoms with Crippen molar-refractivity contribution in [2.45, 2.75) is 12.3 Å².